The summed E-state index contributed by atoms with van der Waals surface area (Å²) in [5.41, 5.74) is 8.40. The fourth-order valence-electron chi connectivity index (χ4n) is 3.02. The highest BCUT2D eigenvalue weighted by molar-refractivity contribution is 7.18. The van der Waals surface area contributed by atoms with Crippen molar-refractivity contribution in [1.82, 2.24) is 4.98 Å². The summed E-state index contributed by atoms with van der Waals surface area (Å²) in [6, 6.07) is 6.54. The van der Waals surface area contributed by atoms with E-state index < -0.39 is 0 Å². The number of benzene rings is 1. The van der Waals surface area contributed by atoms with Crippen molar-refractivity contribution in [3.05, 3.63) is 28.8 Å². The van der Waals surface area contributed by atoms with E-state index in [-0.39, 0.29) is 0 Å². The van der Waals surface area contributed by atoms with E-state index in [1.165, 1.54) is 41.0 Å². The Kier molecular flexibility index (Phi) is 3.35. The molecule has 0 bridgehead atoms. The molecule has 1 aromatic heterocycles. The third-order valence-corrected chi connectivity index (χ3v) is 5.24. The van der Waals surface area contributed by atoms with E-state index in [4.69, 9.17) is 10.7 Å². The predicted octanol–water partition coefficient (Wildman–Crippen LogP) is 3.84. The number of rotatable bonds is 2. The molecule has 1 heterocycles. The summed E-state index contributed by atoms with van der Waals surface area (Å²) in [5.74, 6) is 1.24. The summed E-state index contributed by atoms with van der Waals surface area (Å²) in [6.07, 6.45) is 5.20. The van der Waals surface area contributed by atoms with Crippen molar-refractivity contribution in [3.8, 4) is 0 Å². The molecule has 2 unspecified atom stereocenters. The zero-order valence-corrected chi connectivity index (χ0v) is 11.7. The first-order valence-electron chi connectivity index (χ1n) is 6.85. The maximum Gasteiger partial charge on any atom is 0.0972 e. The minimum atomic E-state index is 0.599. The van der Waals surface area contributed by atoms with Gasteiger partial charge in [0.05, 0.1) is 15.2 Å². The first-order chi connectivity index (χ1) is 8.78. The van der Waals surface area contributed by atoms with Crippen LogP contribution in [0.4, 0.5) is 0 Å². The highest BCUT2D eigenvalue weighted by Gasteiger charge is 2.27. The minimum absolute atomic E-state index is 0.599. The van der Waals surface area contributed by atoms with Gasteiger partial charge >= 0.3 is 0 Å². The molecule has 18 heavy (non-hydrogen) atoms. The van der Waals surface area contributed by atoms with Gasteiger partial charge < -0.3 is 5.73 Å². The van der Waals surface area contributed by atoms with Crippen LogP contribution in [-0.2, 0) is 0 Å². The fraction of sp³-hybridized carbons (Fsp3) is 0.533. The quantitative estimate of drug-likeness (QED) is 0.891. The van der Waals surface area contributed by atoms with E-state index >= 15 is 0 Å². The van der Waals surface area contributed by atoms with Crippen molar-refractivity contribution in [2.24, 2.45) is 11.7 Å². The summed E-state index contributed by atoms with van der Waals surface area (Å²) >= 11 is 1.87. The summed E-state index contributed by atoms with van der Waals surface area (Å²) in [5, 5.41) is 1.31. The first kappa shape index (κ1) is 12.1. The molecule has 1 aromatic carbocycles. The van der Waals surface area contributed by atoms with Crippen LogP contribution in [0.2, 0.25) is 0 Å². The van der Waals surface area contributed by atoms with Crippen LogP contribution >= 0.6 is 11.3 Å². The largest absolute Gasteiger partial charge is 0.330 e. The Morgan fingerprint density at radius 1 is 1.33 bits per heavy atom. The smallest absolute Gasteiger partial charge is 0.0972 e. The number of nitrogens with two attached hydrogens (primary N) is 1. The van der Waals surface area contributed by atoms with Gasteiger partial charge in [-0.25, -0.2) is 4.98 Å². The standard InChI is InChI=1S/C15H20N2S/c1-10-6-7-13-14(8-10)18-15(17-13)12-5-3-2-4-11(12)9-16/h6-8,11-12H,2-5,9,16H2,1H3. The van der Waals surface area contributed by atoms with E-state index in [1.54, 1.807) is 0 Å². The van der Waals surface area contributed by atoms with Gasteiger partial charge in [0, 0.05) is 5.92 Å². The normalized spacial score (nSPS) is 24.6. The highest BCUT2D eigenvalue weighted by Crippen LogP contribution is 2.40. The lowest BCUT2D eigenvalue weighted by Gasteiger charge is -2.28. The lowest BCUT2D eigenvalue weighted by atomic mass is 9.79. The minimum Gasteiger partial charge on any atom is -0.330 e. The first-order valence-corrected chi connectivity index (χ1v) is 7.66. The van der Waals surface area contributed by atoms with Gasteiger partial charge in [0.2, 0.25) is 0 Å². The molecular formula is C15H20N2S. The number of aromatic nitrogens is 1. The Morgan fingerprint density at radius 2 is 2.17 bits per heavy atom. The third kappa shape index (κ3) is 2.17. The molecule has 3 rings (SSSR count). The van der Waals surface area contributed by atoms with Crippen LogP contribution in [0.25, 0.3) is 10.2 Å². The SMILES string of the molecule is Cc1ccc2nc(C3CCCCC3CN)sc2c1. The van der Waals surface area contributed by atoms with Gasteiger partial charge in [-0.05, 0) is 49.9 Å². The monoisotopic (exact) mass is 260 g/mol. The van der Waals surface area contributed by atoms with Crippen LogP contribution in [0.15, 0.2) is 18.2 Å². The molecule has 1 saturated carbocycles. The Hall–Kier alpha value is -0.930. The number of hydrogen-bond donors (Lipinski definition) is 1. The zero-order chi connectivity index (χ0) is 12.5. The molecule has 0 amide bonds. The highest BCUT2D eigenvalue weighted by atomic mass is 32.1. The number of nitrogens with zero attached hydrogens (tertiary/aromatic N) is 1. The number of thiazole rings is 1. The number of aryl methyl sites for hydroxylation is 1. The van der Waals surface area contributed by atoms with Crippen LogP contribution in [0.5, 0.6) is 0 Å². The molecule has 2 N–H and O–H groups in total. The number of fused-ring (bicyclic) bond motifs is 1. The van der Waals surface area contributed by atoms with Crippen molar-refractivity contribution < 1.29 is 0 Å². The van der Waals surface area contributed by atoms with Crippen LogP contribution < -0.4 is 5.73 Å². The van der Waals surface area contributed by atoms with Gasteiger partial charge in [-0.1, -0.05) is 18.9 Å². The van der Waals surface area contributed by atoms with Gasteiger partial charge in [-0.15, -0.1) is 11.3 Å². The van der Waals surface area contributed by atoms with Crippen molar-refractivity contribution >= 4 is 21.6 Å². The van der Waals surface area contributed by atoms with Gasteiger partial charge in [-0.2, -0.15) is 0 Å². The second-order valence-corrected chi connectivity index (χ2v) is 6.47. The lowest BCUT2D eigenvalue weighted by molar-refractivity contribution is 0.314. The molecule has 1 aliphatic carbocycles. The second-order valence-electron chi connectivity index (χ2n) is 5.41. The Bertz CT molecular complexity index is 546. The van der Waals surface area contributed by atoms with Crippen molar-refractivity contribution in [2.45, 2.75) is 38.5 Å². The van der Waals surface area contributed by atoms with E-state index in [1.807, 2.05) is 11.3 Å². The van der Waals surface area contributed by atoms with E-state index in [0.717, 1.165) is 12.1 Å². The van der Waals surface area contributed by atoms with Gasteiger partial charge in [0.25, 0.3) is 0 Å². The molecule has 3 heteroatoms. The van der Waals surface area contributed by atoms with Crippen molar-refractivity contribution in [3.63, 3.8) is 0 Å². The Labute approximate surface area is 112 Å². The molecule has 2 nitrogen and oxygen atoms in total. The van der Waals surface area contributed by atoms with Crippen molar-refractivity contribution in [2.75, 3.05) is 6.54 Å². The van der Waals surface area contributed by atoms with Crippen LogP contribution in [-0.4, -0.2) is 11.5 Å². The summed E-state index contributed by atoms with van der Waals surface area (Å²) in [6.45, 7) is 2.95. The topological polar surface area (TPSA) is 38.9 Å². The van der Waals surface area contributed by atoms with Gasteiger partial charge in [0.15, 0.2) is 0 Å². The summed E-state index contributed by atoms with van der Waals surface area (Å²) < 4.78 is 1.33. The molecule has 2 atom stereocenters. The maximum absolute atomic E-state index is 5.93. The van der Waals surface area contributed by atoms with Crippen LogP contribution in [0, 0.1) is 12.8 Å². The summed E-state index contributed by atoms with van der Waals surface area (Å²) in [7, 11) is 0. The molecule has 0 radical (unpaired) electrons. The number of hydrogen-bond acceptors (Lipinski definition) is 3. The third-order valence-electron chi connectivity index (χ3n) is 4.09. The average Bonchev–Trinajstić information content (AvgIpc) is 2.81. The van der Waals surface area contributed by atoms with E-state index in [0.29, 0.717) is 11.8 Å². The van der Waals surface area contributed by atoms with E-state index in [2.05, 4.69) is 25.1 Å². The molecular weight excluding hydrogens is 240 g/mol. The molecule has 0 aliphatic heterocycles. The van der Waals surface area contributed by atoms with E-state index in [9.17, 15) is 0 Å². The molecule has 96 valence electrons. The second kappa shape index (κ2) is 4.98. The van der Waals surface area contributed by atoms with Gasteiger partial charge in [-0.3, -0.25) is 0 Å². The average molecular weight is 260 g/mol. The molecule has 2 aromatic rings. The molecule has 1 aliphatic rings. The lowest BCUT2D eigenvalue weighted by Crippen LogP contribution is -2.25. The molecule has 0 spiro atoms. The van der Waals surface area contributed by atoms with Crippen LogP contribution in [0.3, 0.4) is 0 Å². The molecule has 1 fully saturated rings. The Morgan fingerprint density at radius 3 is 3.00 bits per heavy atom. The molecule has 0 saturated heterocycles. The van der Waals surface area contributed by atoms with Crippen LogP contribution in [0.1, 0.15) is 42.2 Å². The maximum atomic E-state index is 5.93. The fourth-order valence-corrected chi connectivity index (χ4v) is 4.32. The predicted molar refractivity (Wildman–Crippen MR) is 78.1 cm³/mol. The van der Waals surface area contributed by atoms with Crippen molar-refractivity contribution in [1.29, 1.82) is 0 Å². The summed E-state index contributed by atoms with van der Waals surface area (Å²) in [4.78, 5) is 4.84. The Balaban J connectivity index is 1.97. The van der Waals surface area contributed by atoms with Gasteiger partial charge in [0.1, 0.15) is 0 Å². The zero-order valence-electron chi connectivity index (χ0n) is 10.9.